The summed E-state index contributed by atoms with van der Waals surface area (Å²) in [7, 11) is 1.72. The van der Waals surface area contributed by atoms with E-state index in [0.717, 1.165) is 0 Å². The van der Waals surface area contributed by atoms with Crippen molar-refractivity contribution >= 4 is 23.8 Å². The summed E-state index contributed by atoms with van der Waals surface area (Å²) in [6.07, 6.45) is 3.13. The molecule has 1 aromatic carbocycles. The van der Waals surface area contributed by atoms with E-state index in [1.54, 1.807) is 37.4 Å². The van der Waals surface area contributed by atoms with E-state index < -0.39 is 12.1 Å². The van der Waals surface area contributed by atoms with Gasteiger partial charge in [-0.3, -0.25) is 4.79 Å². The van der Waals surface area contributed by atoms with E-state index >= 15 is 0 Å². The molecule has 27 heavy (non-hydrogen) atoms. The summed E-state index contributed by atoms with van der Waals surface area (Å²) in [5.74, 6) is -0.700. The summed E-state index contributed by atoms with van der Waals surface area (Å²) >= 11 is 0. The molecule has 6 heteroatoms. The Balaban J connectivity index is 2.17. The Bertz CT molecular complexity index is 1210. The maximum atomic E-state index is 11.9. The number of aliphatic hydroxyl groups excluding tert-OH is 1. The van der Waals surface area contributed by atoms with Crippen LogP contribution in [-0.2, 0) is 0 Å². The van der Waals surface area contributed by atoms with Crippen LogP contribution in [0.25, 0.3) is 34.6 Å². The van der Waals surface area contributed by atoms with Crippen LogP contribution >= 0.6 is 0 Å². The van der Waals surface area contributed by atoms with Gasteiger partial charge in [0.25, 0.3) is 0 Å². The van der Waals surface area contributed by atoms with Crippen LogP contribution in [-0.4, -0.2) is 29.3 Å². The van der Waals surface area contributed by atoms with Gasteiger partial charge in [-0.05, 0) is 42.3 Å². The smallest absolute Gasteiger partial charge is 0.336 e. The highest BCUT2D eigenvalue weighted by molar-refractivity contribution is 6.00. The maximum absolute atomic E-state index is 11.9. The molecule has 2 aliphatic carbocycles. The number of carboxylic acids is 1. The molecule has 0 amide bonds. The van der Waals surface area contributed by atoms with Crippen molar-refractivity contribution in [3.8, 4) is 22.5 Å². The van der Waals surface area contributed by atoms with Crippen LogP contribution in [0.4, 0.5) is 5.69 Å². The van der Waals surface area contributed by atoms with E-state index in [-0.39, 0.29) is 11.0 Å². The number of carbonyl (C=O) groups is 1. The second-order valence-electron chi connectivity index (χ2n) is 6.40. The summed E-state index contributed by atoms with van der Waals surface area (Å²) in [5, 5.41) is 23.4. The Labute approximate surface area is 154 Å². The predicted octanol–water partition coefficient (Wildman–Crippen LogP) is 1.48. The maximum Gasteiger partial charge on any atom is 0.336 e. The molecule has 0 saturated heterocycles. The zero-order valence-electron chi connectivity index (χ0n) is 14.5. The first-order valence-electron chi connectivity index (χ1n) is 8.50. The number of benzene rings is 2. The minimum atomic E-state index is -1.05. The second kappa shape index (κ2) is 6.41. The first-order valence-corrected chi connectivity index (χ1v) is 8.50. The van der Waals surface area contributed by atoms with Crippen LogP contribution in [0.3, 0.4) is 0 Å². The molecule has 0 saturated carbocycles. The van der Waals surface area contributed by atoms with Gasteiger partial charge in [0.05, 0.1) is 11.7 Å². The largest absolute Gasteiger partial charge is 0.478 e. The van der Waals surface area contributed by atoms with Gasteiger partial charge in [-0.1, -0.05) is 12.1 Å². The first kappa shape index (κ1) is 17.1. The van der Waals surface area contributed by atoms with Crippen molar-refractivity contribution in [1.82, 2.24) is 0 Å². The zero-order chi connectivity index (χ0) is 19.1. The Morgan fingerprint density at radius 3 is 2.70 bits per heavy atom. The lowest BCUT2D eigenvalue weighted by Gasteiger charge is -2.18. The third-order valence-corrected chi connectivity index (χ3v) is 4.69. The second-order valence-corrected chi connectivity index (χ2v) is 6.40. The fraction of sp³-hybridized carbons (Fsp3) is 0.143. The number of aliphatic hydroxyl groups is 1. The molecule has 3 aliphatic rings. The normalized spacial score (nSPS) is 15.6. The number of nitrogens with one attached hydrogen (secondary N) is 1. The highest BCUT2D eigenvalue weighted by Gasteiger charge is 2.22. The average molecular weight is 363 g/mol. The molecule has 3 N–H and O–H groups in total. The molecule has 0 aromatic heterocycles. The number of hydrogen-bond acceptors (Lipinski definition) is 5. The molecule has 0 fully saturated rings. The zero-order valence-corrected chi connectivity index (χ0v) is 14.5. The number of hydrogen-bond donors (Lipinski definition) is 3. The molecule has 1 atom stereocenters. The van der Waals surface area contributed by atoms with Crippen molar-refractivity contribution in [2.24, 2.45) is 0 Å². The van der Waals surface area contributed by atoms with Crippen molar-refractivity contribution in [3.63, 3.8) is 0 Å². The molecule has 6 nitrogen and oxygen atoms in total. The van der Waals surface area contributed by atoms with Crippen LogP contribution in [0.1, 0.15) is 16.8 Å². The number of aromatic carboxylic acids is 1. The lowest BCUT2D eigenvalue weighted by molar-refractivity contribution is 0.0697. The molecular formula is C21H17NO5. The topological polar surface area (TPSA) is 99.8 Å². The number of rotatable bonds is 3. The van der Waals surface area contributed by atoms with E-state index in [1.165, 1.54) is 12.1 Å². The Morgan fingerprint density at radius 1 is 1.19 bits per heavy atom. The van der Waals surface area contributed by atoms with E-state index in [1.807, 2.05) is 6.08 Å². The Kier molecular flexibility index (Phi) is 4.05. The van der Waals surface area contributed by atoms with E-state index in [2.05, 4.69) is 5.32 Å². The SMILES string of the molecule is CNc1ccc(-c2c3ccc(=O)cc-3oc3c2=CCC(O)C=3)c(C(=O)O)c1. The van der Waals surface area contributed by atoms with Gasteiger partial charge >= 0.3 is 5.97 Å². The molecule has 136 valence electrons. The minimum Gasteiger partial charge on any atom is -0.478 e. The van der Waals surface area contributed by atoms with Gasteiger partial charge in [-0.25, -0.2) is 4.79 Å². The fourth-order valence-corrected chi connectivity index (χ4v) is 3.43. The van der Waals surface area contributed by atoms with Crippen LogP contribution in [0.15, 0.2) is 45.6 Å². The molecular weight excluding hydrogens is 346 g/mol. The Hall–Kier alpha value is -3.38. The van der Waals surface area contributed by atoms with E-state index in [4.69, 9.17) is 4.42 Å². The molecule has 1 unspecified atom stereocenters. The van der Waals surface area contributed by atoms with Crippen LogP contribution < -0.4 is 21.4 Å². The van der Waals surface area contributed by atoms with E-state index in [9.17, 15) is 19.8 Å². The van der Waals surface area contributed by atoms with E-state index in [0.29, 0.717) is 45.2 Å². The standard InChI is InChI=1S/C21H17NO5/c1-22-11-2-5-14(17(8-11)21(25)26)20-15-6-3-12(23)9-18(15)27-19-10-13(24)4-7-16(19)20/h2-3,5-10,13,22,24H,4H2,1H3,(H,25,26). The first-order chi connectivity index (χ1) is 13.0. The number of fused-ring (bicyclic) bond motifs is 2. The highest BCUT2D eigenvalue weighted by Crippen LogP contribution is 2.32. The van der Waals surface area contributed by atoms with Gasteiger partial charge in [0, 0.05) is 35.1 Å². The van der Waals surface area contributed by atoms with Gasteiger partial charge in [-0.2, -0.15) is 0 Å². The van der Waals surface area contributed by atoms with Gasteiger partial charge < -0.3 is 19.9 Å². The minimum absolute atomic E-state index is 0.141. The van der Waals surface area contributed by atoms with Crippen molar-refractivity contribution in [1.29, 1.82) is 0 Å². The third-order valence-electron chi connectivity index (χ3n) is 4.69. The summed E-state index contributed by atoms with van der Waals surface area (Å²) in [6.45, 7) is 0. The molecule has 4 rings (SSSR count). The van der Waals surface area contributed by atoms with Gasteiger partial charge in [0.1, 0.15) is 11.2 Å². The summed E-state index contributed by atoms with van der Waals surface area (Å²) < 4.78 is 5.84. The third kappa shape index (κ3) is 2.90. The fourth-order valence-electron chi connectivity index (χ4n) is 3.43. The summed E-state index contributed by atoms with van der Waals surface area (Å²) in [4.78, 5) is 23.7. The van der Waals surface area contributed by atoms with Gasteiger partial charge in [0.2, 0.25) is 0 Å². The average Bonchev–Trinajstić information content (AvgIpc) is 2.65. The van der Waals surface area contributed by atoms with Crippen molar-refractivity contribution in [2.45, 2.75) is 12.5 Å². The van der Waals surface area contributed by atoms with Crippen molar-refractivity contribution in [3.05, 3.63) is 62.8 Å². The number of carboxylic acid groups (broad SMARTS) is 1. The molecule has 0 bridgehead atoms. The molecule has 1 aliphatic heterocycles. The van der Waals surface area contributed by atoms with Crippen LogP contribution in [0.2, 0.25) is 0 Å². The molecule has 0 radical (unpaired) electrons. The van der Waals surface area contributed by atoms with Crippen LogP contribution in [0, 0.1) is 0 Å². The quantitative estimate of drug-likeness (QED) is 0.652. The Morgan fingerprint density at radius 2 is 1.96 bits per heavy atom. The number of anilines is 1. The van der Waals surface area contributed by atoms with Gasteiger partial charge in [0.15, 0.2) is 5.43 Å². The highest BCUT2D eigenvalue weighted by atomic mass is 16.4. The predicted molar refractivity (Wildman–Crippen MR) is 102 cm³/mol. The van der Waals surface area contributed by atoms with Crippen molar-refractivity contribution < 1.29 is 19.4 Å². The van der Waals surface area contributed by atoms with Crippen LogP contribution in [0.5, 0.6) is 0 Å². The lowest BCUT2D eigenvalue weighted by Crippen LogP contribution is -2.34. The molecule has 0 spiro atoms. The van der Waals surface area contributed by atoms with Crippen molar-refractivity contribution in [2.75, 3.05) is 12.4 Å². The molecule has 1 aromatic rings. The van der Waals surface area contributed by atoms with Gasteiger partial charge in [-0.15, -0.1) is 0 Å². The lowest BCUT2D eigenvalue weighted by atomic mass is 9.90. The summed E-state index contributed by atoms with van der Waals surface area (Å²) in [6, 6.07) is 9.56. The molecule has 1 heterocycles. The summed E-state index contributed by atoms with van der Waals surface area (Å²) in [5.41, 5.74) is 2.89. The monoisotopic (exact) mass is 363 g/mol.